The molecule has 2 aliphatic heterocycles. The minimum absolute atomic E-state index is 0.0613. The number of nitrogens with zero attached hydrogens (tertiary/aromatic N) is 3. The van der Waals surface area contributed by atoms with Crippen molar-refractivity contribution in [2.45, 2.75) is 32.7 Å². The first kappa shape index (κ1) is 20.8. The molecule has 0 saturated carbocycles. The van der Waals surface area contributed by atoms with Gasteiger partial charge in [0.15, 0.2) is 6.61 Å². The van der Waals surface area contributed by atoms with Crippen LogP contribution in [0.2, 0.25) is 0 Å². The molecule has 9 nitrogen and oxygen atoms in total. The smallest absolute Gasteiger partial charge is 0.271 e. The minimum Gasteiger partial charge on any atom is -0.482 e. The number of amides is 2. The van der Waals surface area contributed by atoms with E-state index in [-0.39, 0.29) is 36.5 Å². The molecular formula is C20H26N4O5. The van der Waals surface area contributed by atoms with Crippen molar-refractivity contribution in [3.05, 3.63) is 40.0 Å². The van der Waals surface area contributed by atoms with Crippen molar-refractivity contribution in [2.75, 3.05) is 37.7 Å². The number of nitro benzene ring substituents is 1. The van der Waals surface area contributed by atoms with E-state index >= 15 is 0 Å². The van der Waals surface area contributed by atoms with Crippen LogP contribution in [0.15, 0.2) is 29.8 Å². The summed E-state index contributed by atoms with van der Waals surface area (Å²) in [4.78, 5) is 38.9. The Morgan fingerprint density at radius 1 is 1.34 bits per heavy atom. The van der Waals surface area contributed by atoms with Gasteiger partial charge in [-0.3, -0.25) is 29.5 Å². The summed E-state index contributed by atoms with van der Waals surface area (Å²) in [5.41, 5.74) is 1.38. The Hall–Kier alpha value is -2.94. The van der Waals surface area contributed by atoms with Gasteiger partial charge in [-0.25, -0.2) is 0 Å². The van der Waals surface area contributed by atoms with Crippen LogP contribution >= 0.6 is 0 Å². The molecule has 0 spiro atoms. The summed E-state index contributed by atoms with van der Waals surface area (Å²) in [6.45, 7) is 6.50. The zero-order chi connectivity index (χ0) is 21.0. The molecule has 2 amide bonds. The Labute approximate surface area is 169 Å². The number of allylic oxidation sites excluding steroid dienone is 1. The normalized spacial score (nSPS) is 17.3. The summed E-state index contributed by atoms with van der Waals surface area (Å²) in [7, 11) is 0. The number of hydrogen-bond donors (Lipinski definition) is 1. The average molecular weight is 402 g/mol. The molecule has 156 valence electrons. The molecule has 1 saturated heterocycles. The number of anilines is 1. The van der Waals surface area contributed by atoms with Gasteiger partial charge in [0.05, 0.1) is 10.6 Å². The molecule has 29 heavy (non-hydrogen) atoms. The predicted octanol–water partition coefficient (Wildman–Crippen LogP) is 1.87. The summed E-state index contributed by atoms with van der Waals surface area (Å²) >= 11 is 0. The van der Waals surface area contributed by atoms with Crippen LogP contribution in [-0.2, 0) is 9.59 Å². The summed E-state index contributed by atoms with van der Waals surface area (Å²) in [5.74, 6) is -0.319. The fourth-order valence-corrected chi connectivity index (χ4v) is 3.47. The quantitative estimate of drug-likeness (QED) is 0.442. The van der Waals surface area contributed by atoms with Crippen molar-refractivity contribution in [1.29, 1.82) is 0 Å². The van der Waals surface area contributed by atoms with Crippen LogP contribution in [0.5, 0.6) is 5.75 Å². The van der Waals surface area contributed by atoms with E-state index in [1.807, 2.05) is 0 Å². The van der Waals surface area contributed by atoms with Crippen LogP contribution in [-0.4, -0.2) is 60.5 Å². The molecule has 1 aromatic rings. The van der Waals surface area contributed by atoms with Crippen molar-refractivity contribution in [2.24, 2.45) is 0 Å². The topological polar surface area (TPSA) is 105 Å². The highest BCUT2D eigenvalue weighted by molar-refractivity contribution is 6.02. The number of rotatable bonds is 6. The Balaban J connectivity index is 1.59. The molecule has 0 aromatic heterocycles. The van der Waals surface area contributed by atoms with Gasteiger partial charge in [0.2, 0.25) is 5.91 Å². The first-order chi connectivity index (χ1) is 13.8. The number of nitro groups is 1. The molecule has 2 aliphatic rings. The first-order valence-corrected chi connectivity index (χ1v) is 9.70. The van der Waals surface area contributed by atoms with Gasteiger partial charge in [0.25, 0.3) is 11.6 Å². The lowest BCUT2D eigenvalue weighted by Crippen LogP contribution is -2.50. The van der Waals surface area contributed by atoms with E-state index in [0.29, 0.717) is 5.75 Å². The predicted molar refractivity (Wildman–Crippen MR) is 108 cm³/mol. The van der Waals surface area contributed by atoms with Crippen LogP contribution in [0.4, 0.5) is 11.4 Å². The lowest BCUT2D eigenvalue weighted by Gasteiger charge is -2.33. The first-order valence-electron chi connectivity index (χ1n) is 9.70. The molecular weight excluding hydrogens is 376 g/mol. The molecule has 0 bridgehead atoms. The van der Waals surface area contributed by atoms with E-state index in [9.17, 15) is 19.7 Å². The number of fused-ring (bicyclic) bond motifs is 1. The van der Waals surface area contributed by atoms with Gasteiger partial charge in [-0.05, 0) is 32.8 Å². The SMILES string of the molecule is CC(C)=CCN1CCC(NC(=O)CN2C(=O)COc3ccc([N+](=O)[O-])cc32)CC1. The molecule has 9 heteroatoms. The highest BCUT2D eigenvalue weighted by Gasteiger charge is 2.30. The Morgan fingerprint density at radius 3 is 2.72 bits per heavy atom. The molecule has 0 radical (unpaired) electrons. The van der Waals surface area contributed by atoms with Crippen LogP contribution < -0.4 is 15.0 Å². The highest BCUT2D eigenvalue weighted by Crippen LogP contribution is 2.35. The summed E-state index contributed by atoms with van der Waals surface area (Å²) < 4.78 is 5.33. The monoisotopic (exact) mass is 402 g/mol. The molecule has 0 atom stereocenters. The third kappa shape index (κ3) is 5.32. The van der Waals surface area contributed by atoms with E-state index in [1.165, 1.54) is 28.7 Å². The van der Waals surface area contributed by atoms with E-state index < -0.39 is 10.8 Å². The number of carbonyl (C=O) groups excluding carboxylic acids is 2. The highest BCUT2D eigenvalue weighted by atomic mass is 16.6. The largest absolute Gasteiger partial charge is 0.482 e. The number of non-ortho nitro benzene ring substituents is 1. The molecule has 1 aromatic carbocycles. The van der Waals surface area contributed by atoms with Crippen LogP contribution in [0, 0.1) is 10.1 Å². The second kappa shape index (κ2) is 9.04. The van der Waals surface area contributed by atoms with E-state index in [2.05, 4.69) is 30.1 Å². The lowest BCUT2D eigenvalue weighted by molar-refractivity contribution is -0.384. The number of nitrogens with one attached hydrogen (secondary N) is 1. The number of benzene rings is 1. The number of likely N-dealkylation sites (tertiary alicyclic amines) is 1. The van der Waals surface area contributed by atoms with Gasteiger partial charge >= 0.3 is 0 Å². The number of ether oxygens (including phenoxy) is 1. The molecule has 3 rings (SSSR count). The molecule has 0 unspecified atom stereocenters. The van der Waals surface area contributed by atoms with E-state index in [0.717, 1.165) is 32.5 Å². The molecule has 1 N–H and O–H groups in total. The van der Waals surface area contributed by atoms with Crippen molar-refractivity contribution < 1.29 is 19.2 Å². The van der Waals surface area contributed by atoms with Gasteiger partial charge in [-0.1, -0.05) is 11.6 Å². The number of carbonyl (C=O) groups is 2. The Morgan fingerprint density at radius 2 is 2.07 bits per heavy atom. The van der Waals surface area contributed by atoms with Crippen molar-refractivity contribution in [3.63, 3.8) is 0 Å². The second-order valence-corrected chi connectivity index (χ2v) is 7.60. The van der Waals surface area contributed by atoms with Gasteiger partial charge in [0.1, 0.15) is 12.3 Å². The van der Waals surface area contributed by atoms with Gasteiger partial charge in [-0.15, -0.1) is 0 Å². The molecule has 0 aliphatic carbocycles. The van der Waals surface area contributed by atoms with Gasteiger partial charge < -0.3 is 10.1 Å². The zero-order valence-electron chi connectivity index (χ0n) is 16.7. The van der Waals surface area contributed by atoms with Crippen LogP contribution in [0.3, 0.4) is 0 Å². The number of piperidine rings is 1. The van der Waals surface area contributed by atoms with Crippen LogP contribution in [0.25, 0.3) is 0 Å². The van der Waals surface area contributed by atoms with Gasteiger partial charge in [-0.2, -0.15) is 0 Å². The third-order valence-corrected chi connectivity index (χ3v) is 5.11. The van der Waals surface area contributed by atoms with Crippen molar-refractivity contribution in [3.8, 4) is 5.75 Å². The second-order valence-electron chi connectivity index (χ2n) is 7.60. The lowest BCUT2D eigenvalue weighted by atomic mass is 10.0. The molecule has 1 fully saturated rings. The van der Waals surface area contributed by atoms with Crippen molar-refractivity contribution in [1.82, 2.24) is 10.2 Å². The van der Waals surface area contributed by atoms with Gasteiger partial charge in [0, 0.05) is 37.8 Å². The van der Waals surface area contributed by atoms with Crippen molar-refractivity contribution >= 4 is 23.2 Å². The standard InChI is InChI=1S/C20H26N4O5/c1-14(2)5-8-22-9-6-15(7-10-22)21-19(25)12-23-17-11-16(24(27)28)3-4-18(17)29-13-20(23)26/h3-5,11,15H,6-10,12-13H2,1-2H3,(H,21,25). The Kier molecular flexibility index (Phi) is 6.48. The average Bonchev–Trinajstić information content (AvgIpc) is 2.69. The Bertz CT molecular complexity index is 826. The third-order valence-electron chi connectivity index (χ3n) is 5.11. The minimum atomic E-state index is -0.541. The maximum atomic E-state index is 12.5. The summed E-state index contributed by atoms with van der Waals surface area (Å²) in [6.07, 6.45) is 3.89. The van der Waals surface area contributed by atoms with Crippen LogP contribution in [0.1, 0.15) is 26.7 Å². The zero-order valence-corrected chi connectivity index (χ0v) is 16.7. The fraction of sp³-hybridized carbons (Fsp3) is 0.500. The van der Waals surface area contributed by atoms with E-state index in [1.54, 1.807) is 0 Å². The maximum Gasteiger partial charge on any atom is 0.271 e. The maximum absolute atomic E-state index is 12.5. The van der Waals surface area contributed by atoms with E-state index in [4.69, 9.17) is 4.74 Å². The summed E-state index contributed by atoms with van der Waals surface area (Å²) in [6, 6.07) is 4.09. The molecule has 2 heterocycles. The number of hydrogen-bond acceptors (Lipinski definition) is 6. The fourth-order valence-electron chi connectivity index (χ4n) is 3.47. The summed E-state index contributed by atoms with van der Waals surface area (Å²) in [5, 5.41) is 14.0.